The van der Waals surface area contributed by atoms with Gasteiger partial charge in [-0.2, -0.15) is 0 Å². The minimum Gasteiger partial charge on any atom is -0.366 e. The van der Waals surface area contributed by atoms with Crippen molar-refractivity contribution in [2.24, 2.45) is 11.7 Å². The minimum absolute atomic E-state index is 0.0110. The second kappa shape index (κ2) is 9.88. The Morgan fingerprint density at radius 1 is 1.06 bits per heavy atom. The SMILES string of the molecule is CCCCN1CC(C(=O)Nc2ccc(C(=O)Nc3ccccc3C(N)=O)cc2)CC1=O. The third kappa shape index (κ3) is 5.48. The summed E-state index contributed by atoms with van der Waals surface area (Å²) in [6.07, 6.45) is 2.14. The normalized spacial score (nSPS) is 15.6. The maximum atomic E-state index is 12.5. The second-order valence-corrected chi connectivity index (χ2v) is 7.52. The molecule has 0 spiro atoms. The molecule has 0 aromatic heterocycles. The summed E-state index contributed by atoms with van der Waals surface area (Å²) in [5.74, 6) is -1.61. The van der Waals surface area contributed by atoms with Gasteiger partial charge in [-0.15, -0.1) is 0 Å². The fourth-order valence-corrected chi connectivity index (χ4v) is 3.46. The molecule has 1 heterocycles. The van der Waals surface area contributed by atoms with E-state index in [9.17, 15) is 19.2 Å². The van der Waals surface area contributed by atoms with E-state index in [1.54, 1.807) is 47.4 Å². The van der Waals surface area contributed by atoms with Crippen LogP contribution in [0.4, 0.5) is 11.4 Å². The van der Waals surface area contributed by atoms with E-state index in [-0.39, 0.29) is 29.7 Å². The summed E-state index contributed by atoms with van der Waals surface area (Å²) in [5, 5.41) is 5.48. The highest BCUT2D eigenvalue weighted by molar-refractivity contribution is 6.09. The van der Waals surface area contributed by atoms with Crippen molar-refractivity contribution in [1.82, 2.24) is 4.90 Å². The molecule has 0 saturated carbocycles. The third-order valence-corrected chi connectivity index (χ3v) is 5.22. The lowest BCUT2D eigenvalue weighted by Gasteiger charge is -2.16. The van der Waals surface area contributed by atoms with E-state index in [0.29, 0.717) is 30.0 Å². The van der Waals surface area contributed by atoms with Crippen molar-refractivity contribution >= 4 is 35.0 Å². The number of anilines is 2. The number of carbonyl (C=O) groups is 4. The minimum atomic E-state index is -0.632. The molecule has 0 aliphatic carbocycles. The Morgan fingerprint density at radius 2 is 1.77 bits per heavy atom. The van der Waals surface area contributed by atoms with E-state index in [4.69, 9.17) is 5.73 Å². The Hall–Kier alpha value is -3.68. The highest BCUT2D eigenvalue weighted by atomic mass is 16.2. The van der Waals surface area contributed by atoms with Gasteiger partial charge in [0, 0.05) is 30.8 Å². The van der Waals surface area contributed by atoms with Crippen molar-refractivity contribution in [2.45, 2.75) is 26.2 Å². The van der Waals surface area contributed by atoms with Crippen LogP contribution in [0.15, 0.2) is 48.5 Å². The number of nitrogens with one attached hydrogen (secondary N) is 2. The van der Waals surface area contributed by atoms with Crippen molar-refractivity contribution in [3.63, 3.8) is 0 Å². The molecule has 1 atom stereocenters. The van der Waals surface area contributed by atoms with Gasteiger partial charge in [-0.25, -0.2) is 0 Å². The highest BCUT2D eigenvalue weighted by Crippen LogP contribution is 2.21. The molecule has 1 saturated heterocycles. The third-order valence-electron chi connectivity index (χ3n) is 5.22. The summed E-state index contributed by atoms with van der Waals surface area (Å²) < 4.78 is 0. The predicted molar refractivity (Wildman–Crippen MR) is 118 cm³/mol. The van der Waals surface area contributed by atoms with E-state index in [0.717, 1.165) is 12.8 Å². The van der Waals surface area contributed by atoms with Gasteiger partial charge in [0.25, 0.3) is 11.8 Å². The van der Waals surface area contributed by atoms with Crippen LogP contribution >= 0.6 is 0 Å². The quantitative estimate of drug-likeness (QED) is 0.605. The first kappa shape index (κ1) is 22.0. The average molecular weight is 422 g/mol. The molecule has 1 unspecified atom stereocenters. The molecule has 162 valence electrons. The molecule has 3 rings (SSSR count). The zero-order chi connectivity index (χ0) is 22.4. The number of unbranched alkanes of at least 4 members (excludes halogenated alkanes) is 1. The number of amides is 4. The van der Waals surface area contributed by atoms with E-state index >= 15 is 0 Å². The van der Waals surface area contributed by atoms with Crippen molar-refractivity contribution in [3.05, 3.63) is 59.7 Å². The van der Waals surface area contributed by atoms with Gasteiger partial charge in [0.05, 0.1) is 17.2 Å². The number of benzene rings is 2. The molecular weight excluding hydrogens is 396 g/mol. The molecule has 4 amide bonds. The summed E-state index contributed by atoms with van der Waals surface area (Å²) >= 11 is 0. The van der Waals surface area contributed by atoms with E-state index in [1.807, 2.05) is 0 Å². The molecule has 8 heteroatoms. The summed E-state index contributed by atoms with van der Waals surface area (Å²) in [4.78, 5) is 50.3. The van der Waals surface area contributed by atoms with Gasteiger partial charge >= 0.3 is 0 Å². The molecule has 2 aromatic carbocycles. The van der Waals surface area contributed by atoms with Crippen LogP contribution in [-0.4, -0.2) is 41.6 Å². The predicted octanol–water partition coefficient (Wildman–Crippen LogP) is 2.62. The molecule has 2 aromatic rings. The zero-order valence-electron chi connectivity index (χ0n) is 17.4. The Balaban J connectivity index is 1.59. The summed E-state index contributed by atoms with van der Waals surface area (Å²) in [6.45, 7) is 3.18. The maximum absolute atomic E-state index is 12.5. The monoisotopic (exact) mass is 422 g/mol. The number of primary amides is 1. The van der Waals surface area contributed by atoms with Crippen molar-refractivity contribution in [3.8, 4) is 0 Å². The maximum Gasteiger partial charge on any atom is 0.255 e. The Bertz CT molecular complexity index is 987. The molecule has 1 aliphatic heterocycles. The Kier molecular flexibility index (Phi) is 7.02. The van der Waals surface area contributed by atoms with Gasteiger partial charge in [0.1, 0.15) is 0 Å². The van der Waals surface area contributed by atoms with Gasteiger partial charge in [-0.3, -0.25) is 19.2 Å². The molecule has 1 aliphatic rings. The number of rotatable bonds is 8. The van der Waals surface area contributed by atoms with Crippen LogP contribution in [0.25, 0.3) is 0 Å². The number of likely N-dealkylation sites (tertiary alicyclic amines) is 1. The second-order valence-electron chi connectivity index (χ2n) is 7.52. The highest BCUT2D eigenvalue weighted by Gasteiger charge is 2.33. The first-order valence-corrected chi connectivity index (χ1v) is 10.3. The molecule has 4 N–H and O–H groups in total. The molecule has 0 radical (unpaired) electrons. The number of hydrogen-bond donors (Lipinski definition) is 3. The molecular formula is C23H26N4O4. The molecule has 8 nitrogen and oxygen atoms in total. The zero-order valence-corrected chi connectivity index (χ0v) is 17.4. The van der Waals surface area contributed by atoms with Crippen LogP contribution in [0.3, 0.4) is 0 Å². The van der Waals surface area contributed by atoms with Crippen LogP contribution < -0.4 is 16.4 Å². The van der Waals surface area contributed by atoms with E-state index in [2.05, 4.69) is 17.6 Å². The van der Waals surface area contributed by atoms with Crippen LogP contribution in [0, 0.1) is 5.92 Å². The van der Waals surface area contributed by atoms with Gasteiger partial charge in [-0.1, -0.05) is 25.5 Å². The Morgan fingerprint density at radius 3 is 2.45 bits per heavy atom. The van der Waals surface area contributed by atoms with Crippen LogP contribution in [0.1, 0.15) is 46.9 Å². The van der Waals surface area contributed by atoms with Gasteiger partial charge < -0.3 is 21.3 Å². The largest absolute Gasteiger partial charge is 0.366 e. The first-order chi connectivity index (χ1) is 14.9. The lowest BCUT2D eigenvalue weighted by Crippen LogP contribution is -2.29. The number of nitrogens with zero attached hydrogens (tertiary/aromatic N) is 1. The fraction of sp³-hybridized carbons (Fsp3) is 0.304. The Labute approximate surface area is 180 Å². The summed E-state index contributed by atoms with van der Waals surface area (Å²) in [7, 11) is 0. The van der Waals surface area contributed by atoms with Crippen molar-refractivity contribution in [1.29, 1.82) is 0 Å². The summed E-state index contributed by atoms with van der Waals surface area (Å²) in [5.41, 5.74) is 6.78. The number of nitrogens with two attached hydrogens (primary N) is 1. The molecule has 0 bridgehead atoms. The van der Waals surface area contributed by atoms with Gasteiger partial charge in [0.15, 0.2) is 0 Å². The van der Waals surface area contributed by atoms with Crippen LogP contribution in [-0.2, 0) is 9.59 Å². The molecule has 1 fully saturated rings. The average Bonchev–Trinajstić information content (AvgIpc) is 3.13. The van der Waals surface area contributed by atoms with Crippen molar-refractivity contribution in [2.75, 3.05) is 23.7 Å². The fourth-order valence-electron chi connectivity index (χ4n) is 3.46. The lowest BCUT2D eigenvalue weighted by atomic mass is 10.1. The number of carbonyl (C=O) groups excluding carboxylic acids is 4. The summed E-state index contributed by atoms with van der Waals surface area (Å²) in [6, 6.07) is 12.9. The lowest BCUT2D eigenvalue weighted by molar-refractivity contribution is -0.128. The van der Waals surface area contributed by atoms with Crippen LogP contribution in [0.5, 0.6) is 0 Å². The molecule has 31 heavy (non-hydrogen) atoms. The standard InChI is InChI=1S/C23H26N4O4/c1-2-3-12-27-14-16(13-20(27)28)23(31)25-17-10-8-15(9-11-17)22(30)26-19-7-5-4-6-18(19)21(24)29/h4-11,16H,2-3,12-14H2,1H3,(H2,24,29)(H,25,31)(H,26,30). The number of para-hydroxylation sites is 1. The van der Waals surface area contributed by atoms with E-state index in [1.165, 1.54) is 6.07 Å². The smallest absolute Gasteiger partial charge is 0.255 e. The first-order valence-electron chi connectivity index (χ1n) is 10.3. The van der Waals surface area contributed by atoms with E-state index < -0.39 is 11.8 Å². The number of hydrogen-bond acceptors (Lipinski definition) is 4. The topological polar surface area (TPSA) is 122 Å². The van der Waals surface area contributed by atoms with Gasteiger partial charge in [0.2, 0.25) is 11.8 Å². The van der Waals surface area contributed by atoms with Crippen molar-refractivity contribution < 1.29 is 19.2 Å². The van der Waals surface area contributed by atoms with Crippen LogP contribution in [0.2, 0.25) is 0 Å². The van der Waals surface area contributed by atoms with Gasteiger partial charge in [-0.05, 0) is 42.8 Å².